The van der Waals surface area contributed by atoms with Crippen LogP contribution < -0.4 is 0 Å². The molecule has 0 atom stereocenters. The highest BCUT2D eigenvalue weighted by Crippen LogP contribution is 2.21. The SMILES string of the molecule is c1ccc(-c2cccs2)nc1.c1ccsc1. The Balaban J connectivity index is 0.000000162. The molecule has 3 heterocycles. The molecule has 0 amide bonds. The summed E-state index contributed by atoms with van der Waals surface area (Å²) in [5.41, 5.74) is 1.06. The Bertz CT molecular complexity index is 455. The van der Waals surface area contributed by atoms with Crippen molar-refractivity contribution in [3.8, 4) is 10.6 Å². The lowest BCUT2D eigenvalue weighted by molar-refractivity contribution is 1.34. The van der Waals surface area contributed by atoms with Gasteiger partial charge in [-0.3, -0.25) is 4.98 Å². The molecule has 3 heteroatoms. The summed E-state index contributed by atoms with van der Waals surface area (Å²) < 4.78 is 0. The molecule has 0 saturated carbocycles. The van der Waals surface area contributed by atoms with Gasteiger partial charge in [-0.25, -0.2) is 0 Å². The van der Waals surface area contributed by atoms with Gasteiger partial charge in [-0.1, -0.05) is 24.3 Å². The quantitative estimate of drug-likeness (QED) is 0.612. The van der Waals surface area contributed by atoms with E-state index in [1.165, 1.54) is 4.88 Å². The molecule has 0 aliphatic heterocycles. The molecular formula is C13H11NS2. The maximum atomic E-state index is 4.23. The van der Waals surface area contributed by atoms with E-state index in [9.17, 15) is 0 Å². The lowest BCUT2D eigenvalue weighted by Crippen LogP contribution is -1.75. The zero-order valence-electron chi connectivity index (χ0n) is 8.61. The van der Waals surface area contributed by atoms with Crippen molar-refractivity contribution in [2.45, 2.75) is 0 Å². The zero-order valence-corrected chi connectivity index (χ0v) is 10.2. The van der Waals surface area contributed by atoms with Gasteiger partial charge in [0.15, 0.2) is 0 Å². The van der Waals surface area contributed by atoms with Crippen molar-refractivity contribution >= 4 is 22.7 Å². The van der Waals surface area contributed by atoms with E-state index < -0.39 is 0 Å². The zero-order chi connectivity index (χ0) is 11.1. The van der Waals surface area contributed by atoms with Crippen molar-refractivity contribution in [3.05, 3.63) is 64.8 Å². The number of aromatic nitrogens is 1. The molecule has 1 nitrogen and oxygen atoms in total. The van der Waals surface area contributed by atoms with Gasteiger partial charge in [0, 0.05) is 6.20 Å². The fourth-order valence-corrected chi connectivity index (χ4v) is 2.32. The van der Waals surface area contributed by atoms with E-state index in [0.717, 1.165) is 5.69 Å². The van der Waals surface area contributed by atoms with Gasteiger partial charge in [0.2, 0.25) is 0 Å². The Morgan fingerprint density at radius 2 is 1.69 bits per heavy atom. The van der Waals surface area contributed by atoms with Gasteiger partial charge in [-0.05, 0) is 34.3 Å². The van der Waals surface area contributed by atoms with Crippen LogP contribution in [0.1, 0.15) is 0 Å². The lowest BCUT2D eigenvalue weighted by atomic mass is 10.3. The third-order valence-electron chi connectivity index (χ3n) is 1.86. The molecule has 0 unspecified atom stereocenters. The maximum absolute atomic E-state index is 4.23. The predicted molar refractivity (Wildman–Crippen MR) is 71.9 cm³/mol. The minimum Gasteiger partial charge on any atom is -0.255 e. The molecule has 16 heavy (non-hydrogen) atoms. The molecule has 0 radical (unpaired) electrons. The van der Waals surface area contributed by atoms with Crippen LogP contribution in [0, 0.1) is 0 Å². The highest BCUT2D eigenvalue weighted by Gasteiger charge is 1.95. The average Bonchev–Trinajstić information content (AvgIpc) is 3.07. The third kappa shape index (κ3) is 3.29. The summed E-state index contributed by atoms with van der Waals surface area (Å²) in [4.78, 5) is 5.46. The van der Waals surface area contributed by atoms with E-state index in [0.29, 0.717) is 0 Å². The Hall–Kier alpha value is -1.45. The van der Waals surface area contributed by atoms with Gasteiger partial charge >= 0.3 is 0 Å². The van der Waals surface area contributed by atoms with Crippen molar-refractivity contribution in [1.29, 1.82) is 0 Å². The molecule has 0 fully saturated rings. The van der Waals surface area contributed by atoms with Crippen LogP contribution >= 0.6 is 22.7 Å². The minimum atomic E-state index is 1.06. The smallest absolute Gasteiger partial charge is 0.0801 e. The standard InChI is InChI=1S/C9H7NS.C4H4S/c1-2-6-10-8(4-1)9-5-3-7-11-9;1-2-4-5-3-1/h1-7H;1-4H. The first-order chi connectivity index (χ1) is 7.97. The monoisotopic (exact) mass is 245 g/mol. The molecular weight excluding hydrogens is 234 g/mol. The number of rotatable bonds is 1. The second kappa shape index (κ2) is 6.20. The normalized spacial score (nSPS) is 9.25. The van der Waals surface area contributed by atoms with Crippen LogP contribution in [0.5, 0.6) is 0 Å². The topological polar surface area (TPSA) is 12.9 Å². The molecule has 0 aliphatic carbocycles. The summed E-state index contributed by atoms with van der Waals surface area (Å²) in [5.74, 6) is 0. The van der Waals surface area contributed by atoms with E-state index in [2.05, 4.69) is 16.4 Å². The van der Waals surface area contributed by atoms with E-state index in [1.54, 1.807) is 22.7 Å². The van der Waals surface area contributed by atoms with Crippen molar-refractivity contribution in [3.63, 3.8) is 0 Å². The Morgan fingerprint density at radius 1 is 0.812 bits per heavy atom. The van der Waals surface area contributed by atoms with Crippen LogP contribution in [0.25, 0.3) is 10.6 Å². The number of pyridine rings is 1. The van der Waals surface area contributed by atoms with Gasteiger partial charge in [0.05, 0.1) is 10.6 Å². The Kier molecular flexibility index (Phi) is 4.28. The second-order valence-electron chi connectivity index (χ2n) is 2.99. The summed E-state index contributed by atoms with van der Waals surface area (Å²) in [6.45, 7) is 0. The van der Waals surface area contributed by atoms with Crippen LogP contribution in [0.3, 0.4) is 0 Å². The highest BCUT2D eigenvalue weighted by molar-refractivity contribution is 7.13. The van der Waals surface area contributed by atoms with Crippen LogP contribution in [0.2, 0.25) is 0 Å². The van der Waals surface area contributed by atoms with E-state index in [1.807, 2.05) is 53.4 Å². The van der Waals surface area contributed by atoms with Gasteiger partial charge in [0.1, 0.15) is 0 Å². The molecule has 0 aromatic carbocycles. The maximum Gasteiger partial charge on any atom is 0.0801 e. The highest BCUT2D eigenvalue weighted by atomic mass is 32.1. The molecule has 0 spiro atoms. The molecule has 3 aromatic rings. The number of hydrogen-bond donors (Lipinski definition) is 0. The Labute approximate surface area is 103 Å². The van der Waals surface area contributed by atoms with Gasteiger partial charge in [0.25, 0.3) is 0 Å². The fraction of sp³-hybridized carbons (Fsp3) is 0. The number of hydrogen-bond acceptors (Lipinski definition) is 3. The Morgan fingerprint density at radius 3 is 2.19 bits per heavy atom. The van der Waals surface area contributed by atoms with Crippen LogP contribution in [0.15, 0.2) is 64.8 Å². The summed E-state index contributed by atoms with van der Waals surface area (Å²) in [7, 11) is 0. The first-order valence-electron chi connectivity index (χ1n) is 4.89. The van der Waals surface area contributed by atoms with E-state index in [4.69, 9.17) is 0 Å². The van der Waals surface area contributed by atoms with Crippen molar-refractivity contribution < 1.29 is 0 Å². The minimum absolute atomic E-state index is 1.06. The van der Waals surface area contributed by atoms with Gasteiger partial charge in [-0.2, -0.15) is 11.3 Å². The molecule has 0 aliphatic rings. The fourth-order valence-electron chi connectivity index (χ4n) is 1.16. The molecule has 3 rings (SSSR count). The largest absolute Gasteiger partial charge is 0.255 e. The van der Waals surface area contributed by atoms with Crippen LogP contribution in [-0.4, -0.2) is 4.98 Å². The average molecular weight is 245 g/mol. The van der Waals surface area contributed by atoms with Crippen LogP contribution in [-0.2, 0) is 0 Å². The molecule has 80 valence electrons. The molecule has 0 bridgehead atoms. The summed E-state index contributed by atoms with van der Waals surface area (Å²) in [6, 6.07) is 14.1. The van der Waals surface area contributed by atoms with Crippen molar-refractivity contribution in [2.24, 2.45) is 0 Å². The predicted octanol–water partition coefficient (Wildman–Crippen LogP) is 4.56. The van der Waals surface area contributed by atoms with Crippen molar-refractivity contribution in [1.82, 2.24) is 4.98 Å². The summed E-state index contributed by atoms with van der Waals surface area (Å²) >= 11 is 3.43. The van der Waals surface area contributed by atoms with E-state index >= 15 is 0 Å². The first kappa shape index (κ1) is 11.0. The van der Waals surface area contributed by atoms with Crippen molar-refractivity contribution in [2.75, 3.05) is 0 Å². The second-order valence-corrected chi connectivity index (χ2v) is 4.75. The van der Waals surface area contributed by atoms with E-state index in [-0.39, 0.29) is 0 Å². The first-order valence-corrected chi connectivity index (χ1v) is 6.71. The number of thiophene rings is 2. The van der Waals surface area contributed by atoms with Gasteiger partial charge < -0.3 is 0 Å². The number of nitrogens with zero attached hydrogens (tertiary/aromatic N) is 1. The summed E-state index contributed by atoms with van der Waals surface area (Å²) in [5, 5.41) is 6.14. The molecule has 0 N–H and O–H groups in total. The van der Waals surface area contributed by atoms with Crippen LogP contribution in [0.4, 0.5) is 0 Å². The molecule has 3 aromatic heterocycles. The van der Waals surface area contributed by atoms with Gasteiger partial charge in [-0.15, -0.1) is 11.3 Å². The summed E-state index contributed by atoms with van der Waals surface area (Å²) in [6.07, 6.45) is 1.81. The lowest BCUT2D eigenvalue weighted by Gasteiger charge is -1.92. The molecule has 0 saturated heterocycles. The third-order valence-corrected chi connectivity index (χ3v) is 3.38.